The first-order chi connectivity index (χ1) is 13.7. The Morgan fingerprint density at radius 2 is 1.75 bits per heavy atom. The van der Waals surface area contributed by atoms with E-state index in [9.17, 15) is 9.59 Å². The highest BCUT2D eigenvalue weighted by atomic mass is 16.2. The molecule has 0 radical (unpaired) electrons. The van der Waals surface area contributed by atoms with Crippen LogP contribution in [0, 0.1) is 0 Å². The Bertz CT molecular complexity index is 785. The van der Waals surface area contributed by atoms with Crippen LogP contribution in [0.3, 0.4) is 0 Å². The Kier molecular flexibility index (Phi) is 7.32. The van der Waals surface area contributed by atoms with E-state index in [-0.39, 0.29) is 18.2 Å². The van der Waals surface area contributed by atoms with Crippen LogP contribution in [0.1, 0.15) is 17.7 Å². The van der Waals surface area contributed by atoms with Gasteiger partial charge in [-0.1, -0.05) is 48.6 Å². The summed E-state index contributed by atoms with van der Waals surface area (Å²) in [6.45, 7) is 4.16. The minimum absolute atomic E-state index is 0.110. The monoisotopic (exact) mass is 378 g/mol. The van der Waals surface area contributed by atoms with Gasteiger partial charge < -0.3 is 10.2 Å². The van der Waals surface area contributed by atoms with Gasteiger partial charge in [-0.2, -0.15) is 0 Å². The quantitative estimate of drug-likeness (QED) is 0.748. The van der Waals surface area contributed by atoms with Crippen LogP contribution >= 0.6 is 0 Å². The van der Waals surface area contributed by atoms with E-state index in [0.29, 0.717) is 19.6 Å². The fraction of sp³-hybridized carbons (Fsp3) is 0.318. The summed E-state index contributed by atoms with van der Waals surface area (Å²) >= 11 is 0. The van der Waals surface area contributed by atoms with Crippen molar-refractivity contribution in [1.29, 1.82) is 0 Å². The van der Waals surface area contributed by atoms with Gasteiger partial charge in [0.15, 0.2) is 0 Å². The molecule has 6 nitrogen and oxygen atoms in total. The van der Waals surface area contributed by atoms with Crippen LogP contribution in [-0.4, -0.2) is 59.3 Å². The molecule has 28 heavy (non-hydrogen) atoms. The normalized spacial score (nSPS) is 14.9. The molecule has 0 spiro atoms. The van der Waals surface area contributed by atoms with Gasteiger partial charge in [0.2, 0.25) is 11.8 Å². The van der Waals surface area contributed by atoms with Gasteiger partial charge in [-0.15, -0.1) is 0 Å². The number of hydrogen-bond donors (Lipinski definition) is 1. The zero-order valence-electron chi connectivity index (χ0n) is 16.0. The number of pyridine rings is 1. The molecule has 1 N–H and O–H groups in total. The molecule has 0 aliphatic carbocycles. The molecule has 0 saturated carbocycles. The molecule has 2 aromatic rings. The highest BCUT2D eigenvalue weighted by molar-refractivity contribution is 5.96. The van der Waals surface area contributed by atoms with Gasteiger partial charge in [-0.3, -0.25) is 19.5 Å². The van der Waals surface area contributed by atoms with Gasteiger partial charge in [0.1, 0.15) is 6.42 Å². The van der Waals surface area contributed by atoms with Crippen LogP contribution in [0.2, 0.25) is 0 Å². The summed E-state index contributed by atoms with van der Waals surface area (Å²) in [5.41, 5.74) is 1.97. The van der Waals surface area contributed by atoms with Crippen molar-refractivity contribution in [2.45, 2.75) is 13.0 Å². The molecule has 1 aliphatic rings. The Hall–Kier alpha value is -2.99. The van der Waals surface area contributed by atoms with Crippen molar-refractivity contribution in [2.24, 2.45) is 0 Å². The van der Waals surface area contributed by atoms with Crippen molar-refractivity contribution in [3.63, 3.8) is 0 Å². The summed E-state index contributed by atoms with van der Waals surface area (Å²) < 4.78 is 0. The Morgan fingerprint density at radius 3 is 2.46 bits per heavy atom. The molecule has 1 fully saturated rings. The number of carbonyl (C=O) groups is 2. The fourth-order valence-corrected chi connectivity index (χ4v) is 3.09. The van der Waals surface area contributed by atoms with Gasteiger partial charge in [-0.05, 0) is 17.7 Å². The molecule has 146 valence electrons. The zero-order chi connectivity index (χ0) is 19.6. The van der Waals surface area contributed by atoms with Gasteiger partial charge in [-0.25, -0.2) is 0 Å². The lowest BCUT2D eigenvalue weighted by atomic mass is 10.2. The lowest BCUT2D eigenvalue weighted by Gasteiger charge is -2.34. The predicted octanol–water partition coefficient (Wildman–Crippen LogP) is 1.95. The molecule has 1 saturated heterocycles. The van der Waals surface area contributed by atoms with E-state index >= 15 is 0 Å². The zero-order valence-corrected chi connectivity index (χ0v) is 16.0. The molecule has 3 rings (SSSR count). The van der Waals surface area contributed by atoms with Crippen molar-refractivity contribution >= 4 is 17.9 Å². The summed E-state index contributed by atoms with van der Waals surface area (Å²) in [5, 5.41) is 2.75. The summed E-state index contributed by atoms with van der Waals surface area (Å²) in [6, 6.07) is 15.7. The number of aromatic nitrogens is 1. The van der Waals surface area contributed by atoms with Gasteiger partial charge in [0.25, 0.3) is 0 Å². The van der Waals surface area contributed by atoms with Crippen LogP contribution in [0.25, 0.3) is 6.08 Å². The van der Waals surface area contributed by atoms with Gasteiger partial charge in [0.05, 0.1) is 12.2 Å². The molecule has 0 unspecified atom stereocenters. The minimum atomic E-state index is -0.260. The highest BCUT2D eigenvalue weighted by Crippen LogP contribution is 2.06. The van der Waals surface area contributed by atoms with Crippen molar-refractivity contribution < 1.29 is 9.59 Å². The maximum absolute atomic E-state index is 12.3. The number of nitrogens with one attached hydrogen (secondary N) is 1. The van der Waals surface area contributed by atoms with E-state index in [2.05, 4.69) is 39.5 Å². The second-order valence-corrected chi connectivity index (χ2v) is 6.77. The van der Waals surface area contributed by atoms with Crippen molar-refractivity contribution in [1.82, 2.24) is 20.1 Å². The lowest BCUT2D eigenvalue weighted by molar-refractivity contribution is -0.137. The molecule has 2 heterocycles. The van der Waals surface area contributed by atoms with Crippen LogP contribution in [0.5, 0.6) is 0 Å². The van der Waals surface area contributed by atoms with Crippen LogP contribution in [-0.2, 0) is 16.1 Å². The fourth-order valence-electron chi connectivity index (χ4n) is 3.09. The summed E-state index contributed by atoms with van der Waals surface area (Å²) in [7, 11) is 0. The van der Waals surface area contributed by atoms with E-state index in [4.69, 9.17) is 0 Å². The molecule has 2 amide bonds. The third-order valence-corrected chi connectivity index (χ3v) is 4.70. The number of piperazine rings is 1. The van der Waals surface area contributed by atoms with Crippen molar-refractivity contribution in [3.05, 3.63) is 72.1 Å². The smallest absolute Gasteiger partial charge is 0.232 e. The molecule has 0 atom stereocenters. The predicted molar refractivity (Wildman–Crippen MR) is 109 cm³/mol. The van der Waals surface area contributed by atoms with Crippen LogP contribution in [0.4, 0.5) is 0 Å². The van der Waals surface area contributed by atoms with Crippen molar-refractivity contribution in [3.8, 4) is 0 Å². The summed E-state index contributed by atoms with van der Waals surface area (Å²) in [4.78, 5) is 32.6. The molecule has 1 aliphatic heterocycles. The highest BCUT2D eigenvalue weighted by Gasteiger charge is 2.22. The minimum Gasteiger partial charge on any atom is -0.350 e. The first kappa shape index (κ1) is 19.8. The lowest BCUT2D eigenvalue weighted by Crippen LogP contribution is -2.49. The number of benzene rings is 1. The molecule has 1 aromatic carbocycles. The van der Waals surface area contributed by atoms with Crippen molar-refractivity contribution in [2.75, 3.05) is 32.7 Å². The number of rotatable bonds is 7. The van der Waals surface area contributed by atoms with E-state index in [1.54, 1.807) is 11.1 Å². The number of hydrogen-bond acceptors (Lipinski definition) is 4. The second kappa shape index (κ2) is 10.4. The number of amides is 2. The van der Waals surface area contributed by atoms with E-state index in [1.165, 1.54) is 5.56 Å². The average Bonchev–Trinajstić information content (AvgIpc) is 2.74. The molecular weight excluding hydrogens is 352 g/mol. The first-order valence-corrected chi connectivity index (χ1v) is 9.59. The standard InChI is InChI=1S/C22H26N4O2/c27-21(24-18-20-10-4-5-11-23-20)17-22(28)26-15-13-25(14-16-26)12-6-9-19-7-2-1-3-8-19/h1-11H,12-18H2,(H,24,27)/b9-6+. The van der Waals surface area contributed by atoms with E-state index < -0.39 is 0 Å². The summed E-state index contributed by atoms with van der Waals surface area (Å²) in [5.74, 6) is -0.373. The molecular formula is C22H26N4O2. The molecule has 0 bridgehead atoms. The third-order valence-electron chi connectivity index (χ3n) is 4.70. The topological polar surface area (TPSA) is 65.5 Å². The first-order valence-electron chi connectivity index (χ1n) is 9.59. The van der Waals surface area contributed by atoms with Gasteiger partial charge in [0, 0.05) is 38.9 Å². The Labute approximate surface area is 165 Å². The largest absolute Gasteiger partial charge is 0.350 e. The molecule has 6 heteroatoms. The molecule has 1 aromatic heterocycles. The summed E-state index contributed by atoms with van der Waals surface area (Å²) in [6.07, 6.45) is 5.84. The van der Waals surface area contributed by atoms with Crippen LogP contribution < -0.4 is 5.32 Å². The van der Waals surface area contributed by atoms with Gasteiger partial charge >= 0.3 is 0 Å². The Balaban J connectivity index is 1.35. The van der Waals surface area contributed by atoms with Crippen LogP contribution in [0.15, 0.2) is 60.8 Å². The SMILES string of the molecule is O=C(CC(=O)N1CCN(C/C=C/c2ccccc2)CC1)NCc1ccccn1. The number of nitrogens with zero attached hydrogens (tertiary/aromatic N) is 3. The second-order valence-electron chi connectivity index (χ2n) is 6.77. The van der Waals surface area contributed by atoms with E-state index in [1.807, 2.05) is 36.4 Å². The van der Waals surface area contributed by atoms with E-state index in [0.717, 1.165) is 25.3 Å². The maximum Gasteiger partial charge on any atom is 0.232 e. The number of carbonyl (C=O) groups excluding carboxylic acids is 2. The third kappa shape index (κ3) is 6.32. The Morgan fingerprint density at radius 1 is 1.00 bits per heavy atom. The average molecular weight is 378 g/mol. The maximum atomic E-state index is 12.3.